The summed E-state index contributed by atoms with van der Waals surface area (Å²) in [6.07, 6.45) is -15.3. The number of ether oxygens (including phenoxy) is 1. The van der Waals surface area contributed by atoms with E-state index >= 15 is 0 Å². The van der Waals surface area contributed by atoms with Crippen LogP contribution in [0.1, 0.15) is 96.1 Å². The number of esters is 1. The number of nitrogens with zero attached hydrogens (tertiary/aromatic N) is 2. The van der Waals surface area contributed by atoms with Gasteiger partial charge in [0.2, 0.25) is 0 Å². The number of aryl methyl sites for hydroxylation is 2. The van der Waals surface area contributed by atoms with Gasteiger partial charge in [0.25, 0.3) is 0 Å². The Hall–Kier alpha value is -5.80. The molecule has 2 aliphatic carbocycles. The van der Waals surface area contributed by atoms with Crippen molar-refractivity contribution in [3.63, 3.8) is 0 Å². The van der Waals surface area contributed by atoms with Gasteiger partial charge in [-0.2, -0.15) is 57.1 Å². The molecule has 8 rings (SSSR count). The smallest absolute Gasteiger partial charge is 0.480 e. The highest BCUT2D eigenvalue weighted by molar-refractivity contribution is 7.94. The number of sulfone groups is 2. The maximum atomic E-state index is 14.0. The molecule has 0 radical (unpaired) electrons. The zero-order valence-corrected chi connectivity index (χ0v) is 46.6. The highest BCUT2D eigenvalue weighted by Crippen LogP contribution is 2.44. The van der Waals surface area contributed by atoms with Crippen LogP contribution in [0.25, 0.3) is 22.3 Å². The molecule has 0 aromatic heterocycles. The van der Waals surface area contributed by atoms with Crippen LogP contribution in [-0.4, -0.2) is 138 Å². The Morgan fingerprint density at radius 3 is 1.02 bits per heavy atom. The van der Waals surface area contributed by atoms with E-state index in [2.05, 4.69) is 9.80 Å². The van der Waals surface area contributed by atoms with E-state index < -0.39 is 109 Å². The zero-order chi connectivity index (χ0) is 62.0. The van der Waals surface area contributed by atoms with Crippen molar-refractivity contribution in [1.82, 2.24) is 9.80 Å². The Morgan fingerprint density at radius 1 is 0.494 bits per heavy atom. The first-order valence-corrected chi connectivity index (χ1v) is 29.2. The van der Waals surface area contributed by atoms with Crippen molar-refractivity contribution in [1.29, 1.82) is 0 Å². The van der Waals surface area contributed by atoms with Gasteiger partial charge in [0.05, 0.1) is 9.79 Å². The zero-order valence-electron chi connectivity index (χ0n) is 45.0. The molecule has 0 bridgehead atoms. The number of halogens is 13. The van der Waals surface area contributed by atoms with E-state index in [1.165, 1.54) is 60.7 Å². The molecule has 2 aliphatic heterocycles. The molecule has 458 valence electrons. The van der Waals surface area contributed by atoms with Crippen molar-refractivity contribution >= 4 is 37.6 Å². The van der Waals surface area contributed by atoms with E-state index in [0.717, 1.165) is 25.7 Å². The summed E-state index contributed by atoms with van der Waals surface area (Å²) in [5.74, 6) is -14.4. The molecule has 0 amide bonds. The number of hydrogen-bond donors (Lipinski definition) is 2. The third-order valence-electron chi connectivity index (χ3n) is 15.0. The van der Waals surface area contributed by atoms with Crippen molar-refractivity contribution in [3.8, 4) is 22.3 Å². The molecule has 0 unspecified atom stereocenters. The summed E-state index contributed by atoms with van der Waals surface area (Å²) in [6, 6.07) is 24.7. The van der Waals surface area contributed by atoms with Crippen molar-refractivity contribution in [2.45, 2.75) is 165 Å². The molecular formula is C56H61F13N2O10S2. The maximum Gasteiger partial charge on any atom is 0.490 e. The average Bonchev–Trinajstić information content (AvgIpc) is 3.83. The van der Waals surface area contributed by atoms with Crippen molar-refractivity contribution in [3.05, 3.63) is 108 Å². The molecule has 2 saturated heterocycles. The van der Waals surface area contributed by atoms with Crippen molar-refractivity contribution < 1.29 is 103 Å². The lowest BCUT2D eigenvalue weighted by molar-refractivity contribution is -0.284. The molecule has 2 saturated carbocycles. The standard InChI is InChI=1S/C29H34F5NO4S.C25H26F5NO4S.C2HF3O2/c1-26(2,3)39-25(36)27(16-18-35(19-17-27)23-10-11-23)40(37,38)24-12-8-22(9-13-24)21-6-4-20(5-7-21)14-15-28(30,31)29(32,33)34;26-24(27,25(28,29)30)12-11-17-1-3-18(4-2-17)19-5-9-21(10-6-19)36(34,35)23(22(32)33)13-15-31(16-14-23)20-7-8-20;3-2(4,5)1(6)7/h4-9,12-13,23H,10-11,14-19H2,1-3H3;1-6,9-10,20H,7-8,11-16H2,(H,32,33);(H,6,7). The van der Waals surface area contributed by atoms with Crippen LogP contribution in [0.5, 0.6) is 0 Å². The lowest BCUT2D eigenvalue weighted by atomic mass is 9.95. The highest BCUT2D eigenvalue weighted by atomic mass is 32.2. The molecular weight excluding hydrogens is 1170 g/mol. The van der Waals surface area contributed by atoms with Gasteiger partial charge in [-0.3, -0.25) is 9.59 Å². The Morgan fingerprint density at radius 2 is 0.771 bits per heavy atom. The van der Waals surface area contributed by atoms with Gasteiger partial charge in [-0.1, -0.05) is 72.8 Å². The van der Waals surface area contributed by atoms with Crippen LogP contribution < -0.4 is 0 Å². The number of benzene rings is 4. The van der Waals surface area contributed by atoms with Gasteiger partial charge in [0.15, 0.2) is 29.2 Å². The minimum absolute atomic E-state index is 0.00650. The summed E-state index contributed by atoms with van der Waals surface area (Å²) >= 11 is 0. The van der Waals surface area contributed by atoms with Crippen LogP contribution in [0.3, 0.4) is 0 Å². The number of carboxylic acid groups (broad SMARTS) is 2. The topological polar surface area (TPSA) is 176 Å². The summed E-state index contributed by atoms with van der Waals surface area (Å²) in [6.45, 7) is 6.90. The van der Waals surface area contributed by atoms with E-state index in [4.69, 9.17) is 14.6 Å². The van der Waals surface area contributed by atoms with Gasteiger partial charge >= 0.3 is 48.3 Å². The second kappa shape index (κ2) is 24.7. The van der Waals surface area contributed by atoms with Crippen molar-refractivity contribution in [2.24, 2.45) is 0 Å². The Kier molecular flexibility index (Phi) is 19.7. The number of hydrogen-bond acceptors (Lipinski definition) is 10. The normalized spacial score (nSPS) is 18.4. The SMILES string of the molecule is CC(C)(C)OC(=O)C1(S(=O)(=O)c2ccc(-c3ccc(CCC(F)(F)C(F)(F)F)cc3)cc2)CCN(C2CC2)CC1.O=C(O)C(F)(F)F.O=C(O)C1(S(=O)(=O)c2ccc(-c3ccc(CCC(F)(F)C(F)(F)F)cc3)cc2)CCN(C2CC2)CC1. The van der Waals surface area contributed by atoms with E-state index in [1.807, 2.05) is 0 Å². The molecule has 4 fully saturated rings. The maximum absolute atomic E-state index is 14.0. The number of carboxylic acids is 2. The second-order valence-electron chi connectivity index (χ2n) is 22.0. The minimum Gasteiger partial charge on any atom is -0.480 e. The molecule has 0 spiro atoms. The monoisotopic (exact) mass is 1230 g/mol. The van der Waals surface area contributed by atoms with Crippen LogP contribution in [0.15, 0.2) is 107 Å². The van der Waals surface area contributed by atoms with Gasteiger partial charge in [-0.15, -0.1) is 0 Å². The van der Waals surface area contributed by atoms with E-state index in [1.54, 1.807) is 57.2 Å². The summed E-state index contributed by atoms with van der Waals surface area (Å²) in [5, 5.41) is 17.0. The molecule has 4 aliphatic rings. The molecule has 2 heterocycles. The first-order chi connectivity index (χ1) is 38.2. The van der Waals surface area contributed by atoms with Gasteiger partial charge in [0.1, 0.15) is 5.60 Å². The molecule has 27 heteroatoms. The van der Waals surface area contributed by atoms with Gasteiger partial charge in [-0.25, -0.2) is 21.6 Å². The largest absolute Gasteiger partial charge is 0.490 e. The predicted molar refractivity (Wildman–Crippen MR) is 277 cm³/mol. The Balaban J connectivity index is 0.000000240. The third kappa shape index (κ3) is 15.8. The molecule has 2 N–H and O–H groups in total. The lowest BCUT2D eigenvalue weighted by Crippen LogP contribution is -2.56. The summed E-state index contributed by atoms with van der Waals surface area (Å²) in [5.41, 5.74) is 2.23. The number of carbonyl (C=O) groups is 3. The number of alkyl halides is 13. The molecule has 12 nitrogen and oxygen atoms in total. The van der Waals surface area contributed by atoms with Crippen LogP contribution in [0.4, 0.5) is 57.1 Å². The summed E-state index contributed by atoms with van der Waals surface area (Å²) < 4.78 is 216. The highest BCUT2D eigenvalue weighted by Gasteiger charge is 2.59. The quantitative estimate of drug-likeness (QED) is 0.0803. The van der Waals surface area contributed by atoms with Gasteiger partial charge < -0.3 is 24.7 Å². The fourth-order valence-corrected chi connectivity index (χ4v) is 13.5. The first-order valence-electron chi connectivity index (χ1n) is 26.2. The fourth-order valence-electron chi connectivity index (χ4n) is 9.65. The number of likely N-dealkylation sites (tertiary alicyclic amines) is 2. The predicted octanol–water partition coefficient (Wildman–Crippen LogP) is 12.6. The lowest BCUT2D eigenvalue weighted by Gasteiger charge is -2.40. The fraction of sp³-hybridized carbons (Fsp3) is 0.518. The van der Waals surface area contributed by atoms with E-state index in [0.29, 0.717) is 71.6 Å². The Bertz CT molecular complexity index is 3120. The first kappa shape index (κ1) is 66.3. The molecule has 4 aromatic carbocycles. The van der Waals surface area contributed by atoms with Gasteiger partial charge in [0, 0.05) is 51.1 Å². The van der Waals surface area contributed by atoms with Crippen molar-refractivity contribution in [2.75, 3.05) is 26.2 Å². The number of aliphatic carboxylic acids is 2. The number of piperidine rings is 2. The van der Waals surface area contributed by atoms with Crippen LogP contribution >= 0.6 is 0 Å². The van der Waals surface area contributed by atoms with Crippen LogP contribution in [-0.2, 0) is 51.6 Å². The number of carbonyl (C=O) groups excluding carboxylic acids is 1. The number of rotatable bonds is 16. The third-order valence-corrected chi connectivity index (χ3v) is 20.0. The van der Waals surface area contributed by atoms with Crippen LogP contribution in [0.2, 0.25) is 0 Å². The van der Waals surface area contributed by atoms with E-state index in [-0.39, 0.29) is 35.5 Å². The van der Waals surface area contributed by atoms with Crippen LogP contribution in [0, 0.1) is 0 Å². The molecule has 83 heavy (non-hydrogen) atoms. The Labute approximate surface area is 470 Å². The summed E-state index contributed by atoms with van der Waals surface area (Å²) in [4.78, 5) is 38.8. The van der Waals surface area contributed by atoms with Gasteiger partial charge in [-0.05, 0) is 143 Å². The average molecular weight is 1230 g/mol. The molecule has 4 aromatic rings. The minimum atomic E-state index is -5.59. The summed E-state index contributed by atoms with van der Waals surface area (Å²) in [7, 11) is -8.31. The second-order valence-corrected chi connectivity index (χ2v) is 26.5. The van der Waals surface area contributed by atoms with E-state index in [9.17, 15) is 88.6 Å². The molecule has 0 atom stereocenters.